The van der Waals surface area contributed by atoms with Crippen molar-refractivity contribution in [1.82, 2.24) is 15.0 Å². The molecule has 2 aromatic rings. The molecule has 0 spiro atoms. The van der Waals surface area contributed by atoms with Gasteiger partial charge >= 0.3 is 0 Å². The van der Waals surface area contributed by atoms with Gasteiger partial charge in [0.2, 0.25) is 0 Å². The van der Waals surface area contributed by atoms with Gasteiger partial charge in [0.1, 0.15) is 0 Å². The number of ether oxygens (including phenoxy) is 1. The smallest absolute Gasteiger partial charge is 0.257 e. The van der Waals surface area contributed by atoms with Crippen molar-refractivity contribution >= 4 is 0 Å². The predicted molar refractivity (Wildman–Crippen MR) is 91.7 cm³/mol. The van der Waals surface area contributed by atoms with Crippen molar-refractivity contribution in [3.8, 4) is 11.5 Å². The fourth-order valence-electron chi connectivity index (χ4n) is 3.56. The van der Waals surface area contributed by atoms with E-state index in [1.165, 1.54) is 44.3 Å². The predicted octanol–water partition coefficient (Wildman–Crippen LogP) is 3.62. The summed E-state index contributed by atoms with van der Waals surface area (Å²) in [5.41, 5.74) is 2.34. The SMILES string of the molecule is c1cc(-c2nc(C3CCOC3)no2)ccc1CN1CCCCCC1. The molecule has 24 heavy (non-hydrogen) atoms. The molecule has 0 amide bonds. The molecule has 2 aliphatic heterocycles. The second-order valence-corrected chi connectivity index (χ2v) is 6.91. The van der Waals surface area contributed by atoms with Crippen LogP contribution in [0, 0.1) is 0 Å². The van der Waals surface area contributed by atoms with Gasteiger partial charge < -0.3 is 9.26 Å². The van der Waals surface area contributed by atoms with Crippen LogP contribution in [0.3, 0.4) is 0 Å². The maximum absolute atomic E-state index is 5.44. The van der Waals surface area contributed by atoms with Gasteiger partial charge in [-0.3, -0.25) is 4.90 Å². The summed E-state index contributed by atoms with van der Waals surface area (Å²) in [6.07, 6.45) is 6.39. The van der Waals surface area contributed by atoms with E-state index in [2.05, 4.69) is 39.3 Å². The first-order valence-corrected chi connectivity index (χ1v) is 9.11. The number of rotatable bonds is 4. The van der Waals surface area contributed by atoms with Crippen LogP contribution in [0.4, 0.5) is 0 Å². The van der Waals surface area contributed by atoms with E-state index in [1.54, 1.807) is 0 Å². The molecule has 4 rings (SSSR count). The molecular weight excluding hydrogens is 302 g/mol. The van der Waals surface area contributed by atoms with Crippen molar-refractivity contribution in [3.63, 3.8) is 0 Å². The summed E-state index contributed by atoms with van der Waals surface area (Å²) < 4.78 is 10.8. The van der Waals surface area contributed by atoms with Gasteiger partial charge in [0.25, 0.3) is 5.89 Å². The molecule has 5 nitrogen and oxygen atoms in total. The number of nitrogens with zero attached hydrogens (tertiary/aromatic N) is 3. The molecule has 1 aromatic carbocycles. The summed E-state index contributed by atoms with van der Waals surface area (Å²) in [4.78, 5) is 7.11. The Morgan fingerprint density at radius 3 is 2.54 bits per heavy atom. The van der Waals surface area contributed by atoms with Crippen molar-refractivity contribution in [2.45, 2.75) is 44.6 Å². The van der Waals surface area contributed by atoms with Crippen molar-refractivity contribution < 1.29 is 9.26 Å². The highest BCUT2D eigenvalue weighted by molar-refractivity contribution is 5.53. The Morgan fingerprint density at radius 1 is 1.04 bits per heavy atom. The van der Waals surface area contributed by atoms with E-state index < -0.39 is 0 Å². The molecule has 1 unspecified atom stereocenters. The van der Waals surface area contributed by atoms with Crippen molar-refractivity contribution in [3.05, 3.63) is 35.7 Å². The summed E-state index contributed by atoms with van der Waals surface area (Å²) in [6.45, 7) is 4.97. The zero-order chi connectivity index (χ0) is 16.2. The first kappa shape index (κ1) is 15.8. The molecule has 0 aliphatic carbocycles. The summed E-state index contributed by atoms with van der Waals surface area (Å²) in [7, 11) is 0. The van der Waals surface area contributed by atoms with E-state index in [4.69, 9.17) is 9.26 Å². The Hall–Kier alpha value is -1.72. The van der Waals surface area contributed by atoms with Crippen molar-refractivity contribution in [2.24, 2.45) is 0 Å². The standard InChI is InChI=1S/C19H25N3O2/c1-2-4-11-22(10-3-1)13-15-5-7-16(8-6-15)19-20-18(21-24-19)17-9-12-23-14-17/h5-8,17H,1-4,9-14H2. The van der Waals surface area contributed by atoms with Crippen LogP contribution in [0.2, 0.25) is 0 Å². The first-order valence-electron chi connectivity index (χ1n) is 9.11. The quantitative estimate of drug-likeness (QED) is 0.858. The highest BCUT2D eigenvalue weighted by atomic mass is 16.5. The lowest BCUT2D eigenvalue weighted by Crippen LogP contribution is -2.23. The highest BCUT2D eigenvalue weighted by Crippen LogP contribution is 2.26. The van der Waals surface area contributed by atoms with Gasteiger partial charge in [-0.05, 0) is 50.0 Å². The highest BCUT2D eigenvalue weighted by Gasteiger charge is 2.23. The average molecular weight is 327 g/mol. The summed E-state index contributed by atoms with van der Waals surface area (Å²) in [6, 6.07) is 8.55. The maximum atomic E-state index is 5.44. The molecule has 5 heteroatoms. The average Bonchev–Trinajstić information content (AvgIpc) is 3.24. The number of hydrogen-bond donors (Lipinski definition) is 0. The molecule has 0 N–H and O–H groups in total. The topological polar surface area (TPSA) is 51.4 Å². The second-order valence-electron chi connectivity index (χ2n) is 6.91. The Kier molecular flexibility index (Phi) is 4.90. The van der Waals surface area contributed by atoms with Gasteiger partial charge in [-0.2, -0.15) is 4.98 Å². The summed E-state index contributed by atoms with van der Waals surface area (Å²) in [5, 5.41) is 4.13. The van der Waals surface area contributed by atoms with Crippen LogP contribution in [0.5, 0.6) is 0 Å². The van der Waals surface area contributed by atoms with Gasteiger partial charge in [0, 0.05) is 24.6 Å². The fourth-order valence-corrected chi connectivity index (χ4v) is 3.56. The molecule has 0 bridgehead atoms. The van der Waals surface area contributed by atoms with Crippen LogP contribution in [-0.2, 0) is 11.3 Å². The minimum absolute atomic E-state index is 0.282. The zero-order valence-corrected chi connectivity index (χ0v) is 14.1. The normalized spacial score (nSPS) is 22.6. The molecule has 1 atom stereocenters. The first-order chi connectivity index (χ1) is 11.9. The van der Waals surface area contributed by atoms with Gasteiger partial charge in [-0.1, -0.05) is 30.1 Å². The molecule has 3 heterocycles. The van der Waals surface area contributed by atoms with Gasteiger partial charge in [-0.25, -0.2) is 0 Å². The van der Waals surface area contributed by atoms with E-state index in [-0.39, 0.29) is 5.92 Å². The molecule has 2 saturated heterocycles. The number of hydrogen-bond acceptors (Lipinski definition) is 5. The van der Waals surface area contributed by atoms with Gasteiger partial charge in [-0.15, -0.1) is 0 Å². The number of aromatic nitrogens is 2. The van der Waals surface area contributed by atoms with Crippen LogP contribution >= 0.6 is 0 Å². The Morgan fingerprint density at radius 2 is 1.83 bits per heavy atom. The van der Waals surface area contributed by atoms with Crippen molar-refractivity contribution in [1.29, 1.82) is 0 Å². The lowest BCUT2D eigenvalue weighted by molar-refractivity contribution is 0.192. The Labute approximate surface area is 143 Å². The van der Waals surface area contributed by atoms with Crippen LogP contribution in [0.1, 0.15) is 49.4 Å². The summed E-state index contributed by atoms with van der Waals surface area (Å²) in [5.74, 6) is 1.67. The van der Waals surface area contributed by atoms with E-state index >= 15 is 0 Å². The Bertz CT molecular complexity index is 639. The monoisotopic (exact) mass is 327 g/mol. The van der Waals surface area contributed by atoms with Crippen LogP contribution in [0.25, 0.3) is 11.5 Å². The molecule has 128 valence electrons. The minimum atomic E-state index is 0.282. The largest absolute Gasteiger partial charge is 0.381 e. The van der Waals surface area contributed by atoms with Gasteiger partial charge in [0.05, 0.1) is 6.61 Å². The molecule has 1 aromatic heterocycles. The molecule has 0 radical (unpaired) electrons. The summed E-state index contributed by atoms with van der Waals surface area (Å²) >= 11 is 0. The third-order valence-electron chi connectivity index (χ3n) is 5.04. The molecule has 2 aliphatic rings. The van der Waals surface area contributed by atoms with Crippen LogP contribution in [-0.4, -0.2) is 41.3 Å². The van der Waals surface area contributed by atoms with E-state index in [0.29, 0.717) is 12.5 Å². The van der Waals surface area contributed by atoms with E-state index in [0.717, 1.165) is 31.0 Å². The zero-order valence-electron chi connectivity index (χ0n) is 14.1. The van der Waals surface area contributed by atoms with Crippen LogP contribution in [0.15, 0.2) is 28.8 Å². The van der Waals surface area contributed by atoms with Crippen molar-refractivity contribution in [2.75, 3.05) is 26.3 Å². The maximum Gasteiger partial charge on any atom is 0.257 e. The Balaban J connectivity index is 1.41. The van der Waals surface area contributed by atoms with Gasteiger partial charge in [0.15, 0.2) is 5.82 Å². The lowest BCUT2D eigenvalue weighted by atomic mass is 10.1. The third-order valence-corrected chi connectivity index (χ3v) is 5.04. The number of likely N-dealkylation sites (tertiary alicyclic amines) is 1. The van der Waals surface area contributed by atoms with E-state index in [1.807, 2.05) is 0 Å². The molecule has 0 saturated carbocycles. The van der Waals surface area contributed by atoms with E-state index in [9.17, 15) is 0 Å². The minimum Gasteiger partial charge on any atom is -0.381 e. The second kappa shape index (κ2) is 7.45. The number of benzene rings is 1. The lowest BCUT2D eigenvalue weighted by Gasteiger charge is -2.19. The van der Waals surface area contributed by atoms with Crippen LogP contribution < -0.4 is 0 Å². The molecular formula is C19H25N3O2. The fraction of sp³-hybridized carbons (Fsp3) is 0.579. The third kappa shape index (κ3) is 3.68. The molecule has 2 fully saturated rings.